The fraction of sp³-hybridized carbons (Fsp3) is 0.391. The predicted molar refractivity (Wildman–Crippen MR) is 116 cm³/mol. The van der Waals surface area contributed by atoms with Gasteiger partial charge in [-0.3, -0.25) is 19.7 Å². The Balaban J connectivity index is 1.75. The molecule has 0 aliphatic carbocycles. The lowest BCUT2D eigenvalue weighted by atomic mass is 10.0. The molecule has 1 aliphatic heterocycles. The lowest BCUT2D eigenvalue weighted by molar-refractivity contribution is -0.385. The molecule has 1 N–H and O–H groups in total. The lowest BCUT2D eigenvalue weighted by Crippen LogP contribution is -2.33. The van der Waals surface area contributed by atoms with Gasteiger partial charge in [0.15, 0.2) is 6.61 Å². The first-order chi connectivity index (χ1) is 14.9. The van der Waals surface area contributed by atoms with Crippen LogP contribution in [0.1, 0.15) is 53.7 Å². The van der Waals surface area contributed by atoms with E-state index in [-0.39, 0.29) is 29.8 Å². The molecule has 0 spiro atoms. The number of hydrogen-bond acceptors (Lipinski definition) is 5. The zero-order valence-corrected chi connectivity index (χ0v) is 17.8. The van der Waals surface area contributed by atoms with E-state index in [4.69, 9.17) is 4.74 Å². The molecule has 1 heterocycles. The number of nitrogens with one attached hydrogen (secondary N) is 1. The summed E-state index contributed by atoms with van der Waals surface area (Å²) < 4.78 is 5.82. The van der Waals surface area contributed by atoms with E-state index in [0.717, 1.165) is 31.5 Å². The molecule has 8 nitrogen and oxygen atoms in total. The molecular formula is C23H27N3O5. The molecule has 1 fully saturated rings. The van der Waals surface area contributed by atoms with Crippen LogP contribution in [0.3, 0.4) is 0 Å². The fourth-order valence-corrected chi connectivity index (χ4v) is 3.80. The molecule has 164 valence electrons. The van der Waals surface area contributed by atoms with E-state index < -0.39 is 10.8 Å². The van der Waals surface area contributed by atoms with Gasteiger partial charge in [0.25, 0.3) is 17.5 Å². The quantitative estimate of drug-likeness (QED) is 0.512. The van der Waals surface area contributed by atoms with E-state index in [9.17, 15) is 19.7 Å². The smallest absolute Gasteiger partial charge is 0.273 e. The zero-order chi connectivity index (χ0) is 22.4. The van der Waals surface area contributed by atoms with Crippen molar-refractivity contribution in [1.29, 1.82) is 0 Å². The van der Waals surface area contributed by atoms with E-state index in [1.165, 1.54) is 12.1 Å². The first kappa shape index (κ1) is 22.3. The molecular weight excluding hydrogens is 398 g/mol. The maximum Gasteiger partial charge on any atom is 0.273 e. The second kappa shape index (κ2) is 10.1. The van der Waals surface area contributed by atoms with Crippen molar-refractivity contribution in [3.8, 4) is 5.75 Å². The third-order valence-electron chi connectivity index (χ3n) is 5.56. The number of likely N-dealkylation sites (tertiary alicyclic amines) is 1. The molecule has 2 aromatic rings. The van der Waals surface area contributed by atoms with E-state index in [2.05, 4.69) is 5.32 Å². The minimum absolute atomic E-state index is 0.0448. The topological polar surface area (TPSA) is 102 Å². The van der Waals surface area contributed by atoms with Crippen LogP contribution < -0.4 is 10.1 Å². The first-order valence-corrected chi connectivity index (χ1v) is 10.5. The molecule has 2 amide bonds. The van der Waals surface area contributed by atoms with Gasteiger partial charge in [0.05, 0.1) is 11.0 Å². The molecule has 3 rings (SSSR count). The highest BCUT2D eigenvalue weighted by atomic mass is 16.6. The average molecular weight is 425 g/mol. The van der Waals surface area contributed by atoms with Crippen molar-refractivity contribution in [2.75, 3.05) is 19.7 Å². The van der Waals surface area contributed by atoms with Gasteiger partial charge < -0.3 is 15.0 Å². The number of carbonyl (C=O) groups is 2. The summed E-state index contributed by atoms with van der Waals surface area (Å²) in [5, 5.41) is 14.1. The van der Waals surface area contributed by atoms with Crippen LogP contribution in [0.4, 0.5) is 5.69 Å². The fourth-order valence-electron chi connectivity index (χ4n) is 3.80. The number of ether oxygens (including phenoxy) is 1. The van der Waals surface area contributed by atoms with Gasteiger partial charge in [-0.1, -0.05) is 31.2 Å². The number of para-hydroxylation sites is 1. The summed E-state index contributed by atoms with van der Waals surface area (Å²) in [5.74, 6) is 0.102. The van der Waals surface area contributed by atoms with Gasteiger partial charge in [0, 0.05) is 35.8 Å². The highest BCUT2D eigenvalue weighted by Crippen LogP contribution is 2.28. The van der Waals surface area contributed by atoms with Gasteiger partial charge in [-0.2, -0.15) is 0 Å². The number of amides is 2. The molecule has 1 saturated heterocycles. The SMILES string of the molecule is CCC(NC(=O)c1cccc([N+](=O)[O-])c1C)c1ccccc1OCC(=O)N1CCCC1. The Bertz CT molecular complexity index is 969. The second-order valence-corrected chi connectivity index (χ2v) is 7.56. The monoisotopic (exact) mass is 425 g/mol. The van der Waals surface area contributed by atoms with E-state index >= 15 is 0 Å². The molecule has 31 heavy (non-hydrogen) atoms. The summed E-state index contributed by atoms with van der Waals surface area (Å²) in [4.78, 5) is 37.7. The Morgan fingerprint density at radius 1 is 1.16 bits per heavy atom. The molecule has 0 bridgehead atoms. The number of nitrogens with zero attached hydrogens (tertiary/aromatic N) is 2. The summed E-state index contributed by atoms with van der Waals surface area (Å²) in [5.41, 5.74) is 1.25. The van der Waals surface area contributed by atoms with Gasteiger partial charge >= 0.3 is 0 Å². The van der Waals surface area contributed by atoms with Crippen LogP contribution in [0.25, 0.3) is 0 Å². The van der Waals surface area contributed by atoms with Crippen LogP contribution in [0.5, 0.6) is 5.75 Å². The highest BCUT2D eigenvalue weighted by molar-refractivity contribution is 5.96. The standard InChI is InChI=1S/C23H27N3O5/c1-3-19(24-23(28)17-10-8-11-20(16(17)2)26(29)30)18-9-4-5-12-21(18)31-15-22(27)25-13-6-7-14-25/h4-5,8-12,19H,3,6-7,13-15H2,1-2H3,(H,24,28). The van der Waals surface area contributed by atoms with Gasteiger partial charge in [0.1, 0.15) is 5.75 Å². The third kappa shape index (κ3) is 5.20. The van der Waals surface area contributed by atoms with Crippen molar-refractivity contribution in [2.24, 2.45) is 0 Å². The molecule has 0 radical (unpaired) electrons. The van der Waals surface area contributed by atoms with Gasteiger partial charge in [-0.25, -0.2) is 0 Å². The number of benzene rings is 2. The van der Waals surface area contributed by atoms with Crippen molar-refractivity contribution < 1.29 is 19.2 Å². The van der Waals surface area contributed by atoms with Crippen molar-refractivity contribution >= 4 is 17.5 Å². The lowest BCUT2D eigenvalue weighted by Gasteiger charge is -2.22. The third-order valence-corrected chi connectivity index (χ3v) is 5.56. The van der Waals surface area contributed by atoms with E-state index in [1.807, 2.05) is 25.1 Å². The maximum atomic E-state index is 12.9. The number of nitro groups is 1. The normalized spacial score (nSPS) is 14.2. The molecule has 1 atom stereocenters. The van der Waals surface area contributed by atoms with Crippen molar-refractivity contribution in [1.82, 2.24) is 10.2 Å². The molecule has 1 unspecified atom stereocenters. The number of nitro benzene ring substituents is 1. The Labute approximate surface area is 181 Å². The second-order valence-electron chi connectivity index (χ2n) is 7.56. The van der Waals surface area contributed by atoms with Crippen molar-refractivity contribution in [2.45, 2.75) is 39.2 Å². The Hall–Kier alpha value is -3.42. The van der Waals surface area contributed by atoms with Crippen LogP contribution in [0.15, 0.2) is 42.5 Å². The Kier molecular flexibility index (Phi) is 7.23. The maximum absolute atomic E-state index is 12.9. The van der Waals surface area contributed by atoms with E-state index in [1.54, 1.807) is 24.0 Å². The zero-order valence-electron chi connectivity index (χ0n) is 17.8. The molecule has 0 saturated carbocycles. The number of carbonyl (C=O) groups excluding carboxylic acids is 2. The summed E-state index contributed by atoms with van der Waals surface area (Å²) in [6.07, 6.45) is 2.62. The summed E-state index contributed by atoms with van der Waals surface area (Å²) >= 11 is 0. The predicted octanol–water partition coefficient (Wildman–Crippen LogP) is 3.79. The van der Waals surface area contributed by atoms with Crippen LogP contribution >= 0.6 is 0 Å². The molecule has 2 aromatic carbocycles. The van der Waals surface area contributed by atoms with Crippen LogP contribution in [-0.4, -0.2) is 41.3 Å². The minimum Gasteiger partial charge on any atom is -0.483 e. The largest absolute Gasteiger partial charge is 0.483 e. The summed E-state index contributed by atoms with van der Waals surface area (Å²) in [6, 6.07) is 11.4. The molecule has 8 heteroatoms. The summed E-state index contributed by atoms with van der Waals surface area (Å²) in [6.45, 7) is 4.97. The Morgan fingerprint density at radius 2 is 1.87 bits per heavy atom. The molecule has 1 aliphatic rings. The molecule has 0 aromatic heterocycles. The highest BCUT2D eigenvalue weighted by Gasteiger charge is 2.23. The van der Waals surface area contributed by atoms with E-state index in [0.29, 0.717) is 17.7 Å². The van der Waals surface area contributed by atoms with Crippen molar-refractivity contribution in [3.63, 3.8) is 0 Å². The van der Waals surface area contributed by atoms with Gasteiger partial charge in [0.2, 0.25) is 0 Å². The average Bonchev–Trinajstić information content (AvgIpc) is 3.31. The minimum atomic E-state index is -0.496. The Morgan fingerprint density at radius 3 is 2.55 bits per heavy atom. The van der Waals surface area contributed by atoms with Crippen LogP contribution in [0.2, 0.25) is 0 Å². The summed E-state index contributed by atoms with van der Waals surface area (Å²) in [7, 11) is 0. The van der Waals surface area contributed by atoms with Crippen LogP contribution in [0, 0.1) is 17.0 Å². The number of hydrogen-bond donors (Lipinski definition) is 1. The first-order valence-electron chi connectivity index (χ1n) is 10.5. The van der Waals surface area contributed by atoms with Gasteiger partial charge in [-0.05, 0) is 38.3 Å². The van der Waals surface area contributed by atoms with Crippen molar-refractivity contribution in [3.05, 3.63) is 69.3 Å². The van der Waals surface area contributed by atoms with Gasteiger partial charge in [-0.15, -0.1) is 0 Å². The van der Waals surface area contributed by atoms with Crippen LogP contribution in [-0.2, 0) is 4.79 Å². The number of rotatable bonds is 8.